The highest BCUT2D eigenvalue weighted by molar-refractivity contribution is 5.92. The summed E-state index contributed by atoms with van der Waals surface area (Å²) in [5.41, 5.74) is 0.892. The van der Waals surface area contributed by atoms with E-state index in [0.717, 1.165) is 44.9 Å². The summed E-state index contributed by atoms with van der Waals surface area (Å²) in [7, 11) is 0. The van der Waals surface area contributed by atoms with Gasteiger partial charge in [0.05, 0.1) is 55.4 Å². The number of rotatable bonds is 15. The van der Waals surface area contributed by atoms with Crippen LogP contribution in [0, 0.1) is 75.9 Å². The molecule has 1 aliphatic heterocycles. The lowest BCUT2D eigenvalue weighted by molar-refractivity contribution is -0.245. The fourth-order valence-electron chi connectivity index (χ4n) is 14.2. The topological polar surface area (TPSA) is 155 Å². The van der Waals surface area contributed by atoms with Crippen LogP contribution in [0.25, 0.3) is 0 Å². The summed E-state index contributed by atoms with van der Waals surface area (Å²) in [6.07, 6.45) is 5.78. The summed E-state index contributed by atoms with van der Waals surface area (Å²) in [6, 6.07) is 17.8. The molecule has 11 heteroatoms. The van der Waals surface area contributed by atoms with E-state index in [1.54, 1.807) is 36.4 Å². The summed E-state index contributed by atoms with van der Waals surface area (Å²) in [6.45, 7) is 15.8. The van der Waals surface area contributed by atoms with E-state index in [0.29, 0.717) is 67.8 Å². The normalized spacial score (nSPS) is 40.4. The van der Waals surface area contributed by atoms with Gasteiger partial charge in [-0.2, -0.15) is 0 Å². The molecule has 368 valence electrons. The van der Waals surface area contributed by atoms with Gasteiger partial charge in [-0.3, -0.25) is 9.59 Å². The number of carbonyl (C=O) groups excluding carboxylic acids is 4. The number of esters is 2. The fraction of sp³-hybridized carbons (Fsp3) is 0.714. The average Bonchev–Trinajstić information content (AvgIpc) is 3.61. The maximum absolute atomic E-state index is 14.2. The van der Waals surface area contributed by atoms with Crippen molar-refractivity contribution >= 4 is 23.5 Å². The monoisotopic (exact) mass is 927 g/mol. The predicted molar refractivity (Wildman–Crippen MR) is 253 cm³/mol. The van der Waals surface area contributed by atoms with Crippen molar-refractivity contribution in [2.45, 2.75) is 156 Å². The van der Waals surface area contributed by atoms with Gasteiger partial charge >= 0.3 is 11.9 Å². The number of carbonyl (C=O) groups is 4. The summed E-state index contributed by atoms with van der Waals surface area (Å²) >= 11 is 0. The minimum absolute atomic E-state index is 0.00585. The zero-order chi connectivity index (χ0) is 47.8. The molecule has 67 heavy (non-hydrogen) atoms. The molecule has 6 aliphatic rings. The molecule has 0 amide bonds. The molecule has 8 rings (SSSR count). The number of hydrogen-bond donors (Lipinski definition) is 2. The maximum atomic E-state index is 14.2. The van der Waals surface area contributed by atoms with Gasteiger partial charge in [0.2, 0.25) is 0 Å². The fourth-order valence-corrected chi connectivity index (χ4v) is 14.2. The van der Waals surface area contributed by atoms with E-state index < -0.39 is 48.6 Å². The lowest BCUT2D eigenvalue weighted by Gasteiger charge is -2.61. The Bertz CT molecular complexity index is 2030. The Kier molecular flexibility index (Phi) is 15.5. The zero-order valence-electron chi connectivity index (χ0n) is 41.1. The quantitative estimate of drug-likeness (QED) is 0.164. The van der Waals surface area contributed by atoms with Crippen LogP contribution < -0.4 is 0 Å². The Labute approximate surface area is 398 Å². The van der Waals surface area contributed by atoms with Crippen LogP contribution in [0.5, 0.6) is 0 Å². The van der Waals surface area contributed by atoms with Gasteiger partial charge in [0.1, 0.15) is 11.6 Å². The Balaban J connectivity index is 0.824. The summed E-state index contributed by atoms with van der Waals surface area (Å²) in [4.78, 5) is 53.9. The highest BCUT2D eigenvalue weighted by atomic mass is 16.7. The third kappa shape index (κ3) is 10.2. The van der Waals surface area contributed by atoms with Crippen LogP contribution in [0.2, 0.25) is 0 Å². The predicted octanol–water partition coefficient (Wildman–Crippen LogP) is 9.31. The lowest BCUT2D eigenvalue weighted by atomic mass is 9.44. The van der Waals surface area contributed by atoms with Gasteiger partial charge in [0.15, 0.2) is 12.4 Å². The van der Waals surface area contributed by atoms with Gasteiger partial charge in [-0.1, -0.05) is 84.9 Å². The molecule has 5 saturated carbocycles. The second kappa shape index (κ2) is 20.9. The molecule has 0 bridgehead atoms. The van der Waals surface area contributed by atoms with Gasteiger partial charge in [0, 0.05) is 42.4 Å². The summed E-state index contributed by atoms with van der Waals surface area (Å²) < 4.78 is 30.8. The van der Waals surface area contributed by atoms with Gasteiger partial charge in [-0.25, -0.2) is 9.59 Å². The lowest BCUT2D eigenvalue weighted by Crippen LogP contribution is -2.55. The largest absolute Gasteiger partial charge is 0.462 e. The molecule has 1 heterocycles. The number of fused-ring (bicyclic) bond motifs is 5. The Morgan fingerprint density at radius 3 is 2.18 bits per heavy atom. The summed E-state index contributed by atoms with van der Waals surface area (Å²) in [5, 5.41) is 22.4. The van der Waals surface area contributed by atoms with Gasteiger partial charge in [-0.15, -0.1) is 0 Å². The van der Waals surface area contributed by atoms with Crippen molar-refractivity contribution in [2.24, 2.45) is 75.9 Å². The van der Waals surface area contributed by atoms with Crippen molar-refractivity contribution in [3.63, 3.8) is 0 Å². The number of benzene rings is 2. The van der Waals surface area contributed by atoms with Crippen LogP contribution in [-0.2, 0) is 33.3 Å². The number of aliphatic hydroxyl groups is 2. The number of ether oxygens (including phenoxy) is 5. The number of ketones is 2. The Morgan fingerprint density at radius 2 is 1.48 bits per heavy atom. The van der Waals surface area contributed by atoms with Crippen LogP contribution in [0.1, 0.15) is 140 Å². The van der Waals surface area contributed by atoms with E-state index >= 15 is 0 Å². The molecule has 0 spiro atoms. The minimum Gasteiger partial charge on any atom is -0.462 e. The minimum atomic E-state index is -0.807. The van der Waals surface area contributed by atoms with Crippen molar-refractivity contribution in [3.8, 4) is 0 Å². The molecule has 0 radical (unpaired) electrons. The number of Topliss-reactive ketones (excluding diaryl/α,β-unsaturated/α-hetero) is 2. The molecule has 5 aliphatic carbocycles. The Morgan fingerprint density at radius 1 is 0.806 bits per heavy atom. The summed E-state index contributed by atoms with van der Waals surface area (Å²) in [5.74, 6) is 0.291. The maximum Gasteiger partial charge on any atom is 0.338 e. The SMILES string of the molecule is C[C@@H](CCC(=O)[C@@H](C)C1C(=O)CC2C3CCC4CC(O[C@@H]5CC(COC(=O)c6ccccc6)[C@H](O)[C@H](C)C5O)CCC4(C)C3CCC21C)CO[C@@H]1OC[C@H](C)[C@H](C)C1OC(=O)c1ccccc1. The van der Waals surface area contributed by atoms with Crippen LogP contribution >= 0.6 is 0 Å². The second-order valence-corrected chi connectivity index (χ2v) is 22.7. The van der Waals surface area contributed by atoms with E-state index in [1.807, 2.05) is 38.1 Å². The highest BCUT2D eigenvalue weighted by Gasteiger charge is 2.63. The third-order valence-corrected chi connectivity index (χ3v) is 18.7. The van der Waals surface area contributed by atoms with Crippen LogP contribution in [0.15, 0.2) is 60.7 Å². The zero-order valence-corrected chi connectivity index (χ0v) is 41.1. The molecule has 2 aromatic rings. The highest BCUT2D eigenvalue weighted by Crippen LogP contribution is 2.68. The van der Waals surface area contributed by atoms with Crippen LogP contribution in [0.4, 0.5) is 0 Å². The number of aliphatic hydroxyl groups excluding tert-OH is 2. The van der Waals surface area contributed by atoms with Gasteiger partial charge in [0.25, 0.3) is 0 Å². The van der Waals surface area contributed by atoms with Crippen molar-refractivity contribution in [2.75, 3.05) is 19.8 Å². The second-order valence-electron chi connectivity index (χ2n) is 22.7. The van der Waals surface area contributed by atoms with Crippen molar-refractivity contribution in [1.82, 2.24) is 0 Å². The van der Waals surface area contributed by atoms with E-state index in [9.17, 15) is 29.4 Å². The first kappa shape index (κ1) is 49.9. The average molecular weight is 927 g/mol. The van der Waals surface area contributed by atoms with E-state index in [1.165, 1.54) is 0 Å². The van der Waals surface area contributed by atoms with E-state index in [4.69, 9.17) is 23.7 Å². The number of hydrogen-bond acceptors (Lipinski definition) is 11. The smallest absolute Gasteiger partial charge is 0.338 e. The molecule has 2 aromatic carbocycles. The first-order valence-corrected chi connectivity index (χ1v) is 25.8. The van der Waals surface area contributed by atoms with Crippen molar-refractivity contribution in [3.05, 3.63) is 71.8 Å². The van der Waals surface area contributed by atoms with Crippen molar-refractivity contribution in [1.29, 1.82) is 0 Å². The molecule has 1 saturated heterocycles. The Hall–Kier alpha value is -3.48. The standard InChI is InChI=1S/C56H78O11/c1-32(29-64-54-51(34(3)33(2)30-65-54)67-53(62)38-16-12-9-13-17-38)18-21-45(57)35(4)48-46(58)28-44-42-20-19-40-27-41(22-24-55(40,6)43(42)23-25-56(44,48)7)66-47-26-39(49(59)36(5)50(47)60)31-63-52(61)37-14-10-8-11-15-37/h8-17,32-36,39-44,47-51,54,59-60H,18-31H2,1-7H3/t32-,33-,34-,35+,36-,39?,40?,41?,42?,43?,44?,47+,48?,49+,50?,51?,54+,55?,56?/m0/s1. The third-order valence-electron chi connectivity index (χ3n) is 18.7. The van der Waals surface area contributed by atoms with E-state index in [2.05, 4.69) is 34.6 Å². The molecule has 19 atom stereocenters. The van der Waals surface area contributed by atoms with Gasteiger partial charge < -0.3 is 33.9 Å². The molecule has 6 fully saturated rings. The molecular weight excluding hydrogens is 849 g/mol. The first-order valence-electron chi connectivity index (χ1n) is 25.8. The van der Waals surface area contributed by atoms with Crippen LogP contribution in [-0.4, -0.2) is 90.3 Å². The van der Waals surface area contributed by atoms with Crippen molar-refractivity contribution < 1.29 is 53.1 Å². The molecule has 2 N–H and O–H groups in total. The van der Waals surface area contributed by atoms with Gasteiger partial charge in [-0.05, 0) is 128 Å². The van der Waals surface area contributed by atoms with Crippen LogP contribution in [0.3, 0.4) is 0 Å². The molecular formula is C56H78O11. The van der Waals surface area contributed by atoms with E-state index in [-0.39, 0.29) is 76.5 Å². The first-order chi connectivity index (χ1) is 32.0. The molecule has 0 aromatic heterocycles. The molecule has 11 nitrogen and oxygen atoms in total. The molecule has 11 unspecified atom stereocenters.